The fraction of sp³-hybridized carbons (Fsp3) is 0.500. The maximum absolute atomic E-state index is 6.11. The highest BCUT2D eigenvalue weighted by Crippen LogP contribution is 2.39. The largest absolute Gasteiger partial charge is 0.489 e. The van der Waals surface area contributed by atoms with Gasteiger partial charge in [-0.15, -0.1) is 6.58 Å². The Balaban J connectivity index is 2.15. The molecule has 0 N–H and O–H groups in total. The molecule has 0 aliphatic carbocycles. The van der Waals surface area contributed by atoms with Crippen LogP contribution < -0.4 is 0 Å². The molecule has 0 radical (unpaired) electrons. The van der Waals surface area contributed by atoms with Crippen molar-refractivity contribution < 1.29 is 9.31 Å². The van der Waals surface area contributed by atoms with Crippen molar-refractivity contribution in [1.82, 2.24) is 0 Å². The molecule has 1 aliphatic heterocycles. The standard InChI is InChI=1S/C20H29BO2/c1-8-20(7,17-12-10-9-11-13-17)15-14-16(2)21-22-18(3,4)19(5,6)23-21/h8-14H,1,15H2,2-7H3/b16-14+/t20-/m0/s1. The third kappa shape index (κ3) is 3.62. The van der Waals surface area contributed by atoms with Gasteiger partial charge in [0.05, 0.1) is 11.2 Å². The average Bonchev–Trinajstić information content (AvgIpc) is 2.73. The lowest BCUT2D eigenvalue weighted by atomic mass is 9.74. The van der Waals surface area contributed by atoms with Crippen molar-refractivity contribution >= 4 is 7.12 Å². The predicted molar refractivity (Wildman–Crippen MR) is 98.4 cm³/mol. The Morgan fingerprint density at radius 2 is 1.65 bits per heavy atom. The van der Waals surface area contributed by atoms with Gasteiger partial charge in [-0.2, -0.15) is 0 Å². The molecule has 124 valence electrons. The van der Waals surface area contributed by atoms with Gasteiger partial charge in [-0.3, -0.25) is 0 Å². The number of hydrogen-bond donors (Lipinski definition) is 0. The topological polar surface area (TPSA) is 18.5 Å². The second kappa shape index (κ2) is 6.29. The summed E-state index contributed by atoms with van der Waals surface area (Å²) in [6.45, 7) is 16.7. The number of benzene rings is 1. The molecule has 2 rings (SSSR count). The molecule has 0 spiro atoms. The predicted octanol–water partition coefficient (Wildman–Crippen LogP) is 5.10. The molecule has 0 bridgehead atoms. The highest BCUT2D eigenvalue weighted by atomic mass is 16.7. The first-order chi connectivity index (χ1) is 10.6. The van der Waals surface area contributed by atoms with Crippen LogP contribution >= 0.6 is 0 Å². The molecular weight excluding hydrogens is 283 g/mol. The highest BCUT2D eigenvalue weighted by molar-refractivity contribution is 6.54. The van der Waals surface area contributed by atoms with Crippen molar-refractivity contribution in [2.75, 3.05) is 0 Å². The highest BCUT2D eigenvalue weighted by Gasteiger charge is 2.51. The van der Waals surface area contributed by atoms with Gasteiger partial charge in [-0.05, 0) is 52.1 Å². The van der Waals surface area contributed by atoms with E-state index >= 15 is 0 Å². The lowest BCUT2D eigenvalue weighted by Gasteiger charge is -2.32. The molecule has 0 unspecified atom stereocenters. The quantitative estimate of drug-likeness (QED) is 0.556. The van der Waals surface area contributed by atoms with Crippen molar-refractivity contribution in [2.45, 2.75) is 64.6 Å². The minimum Gasteiger partial charge on any atom is -0.400 e. The Morgan fingerprint density at radius 1 is 1.13 bits per heavy atom. The zero-order chi connectivity index (χ0) is 17.3. The van der Waals surface area contributed by atoms with Crippen LogP contribution in [0.15, 0.2) is 54.5 Å². The molecule has 23 heavy (non-hydrogen) atoms. The minimum absolute atomic E-state index is 0.0911. The molecule has 1 atom stereocenters. The third-order valence-electron chi connectivity index (χ3n) is 5.36. The van der Waals surface area contributed by atoms with Crippen molar-refractivity contribution in [3.63, 3.8) is 0 Å². The van der Waals surface area contributed by atoms with E-state index < -0.39 is 0 Å². The Hall–Kier alpha value is -1.32. The molecule has 0 saturated carbocycles. The maximum atomic E-state index is 6.11. The normalized spacial score (nSPS) is 22.7. The monoisotopic (exact) mass is 312 g/mol. The fourth-order valence-electron chi connectivity index (χ4n) is 2.64. The number of rotatable bonds is 5. The molecule has 0 amide bonds. The molecule has 1 heterocycles. The van der Waals surface area contributed by atoms with Gasteiger partial charge in [0.1, 0.15) is 0 Å². The average molecular weight is 312 g/mol. The van der Waals surface area contributed by atoms with Crippen LogP contribution in [-0.2, 0) is 14.7 Å². The summed E-state index contributed by atoms with van der Waals surface area (Å²) in [5.74, 6) is 0. The van der Waals surface area contributed by atoms with E-state index in [-0.39, 0.29) is 23.7 Å². The lowest BCUT2D eigenvalue weighted by Crippen LogP contribution is -2.41. The molecule has 2 nitrogen and oxygen atoms in total. The summed E-state index contributed by atoms with van der Waals surface area (Å²) in [6.07, 6.45) is 5.11. The van der Waals surface area contributed by atoms with Crippen LogP contribution in [-0.4, -0.2) is 18.3 Å². The van der Waals surface area contributed by atoms with E-state index in [1.54, 1.807) is 0 Å². The number of hydrogen-bond acceptors (Lipinski definition) is 2. The van der Waals surface area contributed by atoms with Crippen LogP contribution in [0.2, 0.25) is 0 Å². The van der Waals surface area contributed by atoms with Crippen molar-refractivity contribution in [3.8, 4) is 0 Å². The zero-order valence-electron chi connectivity index (χ0n) is 15.3. The second-order valence-corrected chi connectivity index (χ2v) is 7.73. The summed E-state index contributed by atoms with van der Waals surface area (Å²) in [5.41, 5.74) is 1.70. The molecule has 1 fully saturated rings. The lowest BCUT2D eigenvalue weighted by molar-refractivity contribution is 0.00578. The van der Waals surface area contributed by atoms with E-state index in [1.165, 1.54) is 5.56 Å². The third-order valence-corrected chi connectivity index (χ3v) is 5.36. The van der Waals surface area contributed by atoms with E-state index in [1.807, 2.05) is 12.1 Å². The fourth-order valence-corrected chi connectivity index (χ4v) is 2.64. The van der Waals surface area contributed by atoms with Crippen LogP contribution in [0.5, 0.6) is 0 Å². The molecule has 0 aromatic heterocycles. The summed E-state index contributed by atoms with van der Waals surface area (Å²) in [5, 5.41) is 0. The molecular formula is C20H29BO2. The SMILES string of the molecule is C=C[C@@](C)(C/C=C(\C)B1OC(C)(C)C(C)(C)O1)c1ccccc1. The van der Waals surface area contributed by atoms with Crippen LogP contribution in [0.1, 0.15) is 53.5 Å². The summed E-state index contributed by atoms with van der Waals surface area (Å²) < 4.78 is 12.2. The first-order valence-electron chi connectivity index (χ1n) is 8.33. The van der Waals surface area contributed by atoms with E-state index in [0.717, 1.165) is 11.9 Å². The van der Waals surface area contributed by atoms with Gasteiger partial charge in [0, 0.05) is 5.41 Å². The van der Waals surface area contributed by atoms with Crippen molar-refractivity contribution in [3.05, 3.63) is 60.1 Å². The Bertz CT molecular complexity index is 573. The van der Waals surface area contributed by atoms with Gasteiger partial charge < -0.3 is 9.31 Å². The van der Waals surface area contributed by atoms with Crippen LogP contribution in [0.3, 0.4) is 0 Å². The van der Waals surface area contributed by atoms with Crippen molar-refractivity contribution in [2.24, 2.45) is 0 Å². The van der Waals surface area contributed by atoms with Crippen LogP contribution in [0.4, 0.5) is 0 Å². The van der Waals surface area contributed by atoms with Gasteiger partial charge in [0.25, 0.3) is 0 Å². The summed E-state index contributed by atoms with van der Waals surface area (Å²) in [6, 6.07) is 10.5. The first-order valence-corrected chi connectivity index (χ1v) is 8.33. The minimum atomic E-state index is -0.298. The van der Waals surface area contributed by atoms with Crippen molar-refractivity contribution in [1.29, 1.82) is 0 Å². The van der Waals surface area contributed by atoms with Gasteiger partial charge in [-0.25, -0.2) is 0 Å². The van der Waals surface area contributed by atoms with E-state index in [2.05, 4.69) is 78.5 Å². The molecule has 3 heteroatoms. The molecule has 1 aromatic carbocycles. The van der Waals surface area contributed by atoms with Crippen LogP contribution in [0.25, 0.3) is 0 Å². The molecule has 1 saturated heterocycles. The Kier molecular flexibility index (Phi) is 4.93. The van der Waals surface area contributed by atoms with Crippen LogP contribution in [0, 0.1) is 0 Å². The number of allylic oxidation sites excluding steroid dienone is 3. The van der Waals surface area contributed by atoms with Gasteiger partial charge in [-0.1, -0.05) is 49.4 Å². The van der Waals surface area contributed by atoms with E-state index in [0.29, 0.717) is 0 Å². The Morgan fingerprint density at radius 3 is 2.13 bits per heavy atom. The molecule has 1 aliphatic rings. The van der Waals surface area contributed by atoms with E-state index in [4.69, 9.17) is 9.31 Å². The second-order valence-electron chi connectivity index (χ2n) is 7.73. The van der Waals surface area contributed by atoms with Gasteiger partial charge in [0.2, 0.25) is 0 Å². The Labute approximate surface area is 141 Å². The smallest absolute Gasteiger partial charge is 0.400 e. The first kappa shape index (κ1) is 18.0. The summed E-state index contributed by atoms with van der Waals surface area (Å²) >= 11 is 0. The maximum Gasteiger partial charge on any atom is 0.489 e. The summed E-state index contributed by atoms with van der Waals surface area (Å²) in [4.78, 5) is 0. The van der Waals surface area contributed by atoms with Gasteiger partial charge >= 0.3 is 7.12 Å². The zero-order valence-corrected chi connectivity index (χ0v) is 15.3. The summed E-state index contributed by atoms with van der Waals surface area (Å²) in [7, 11) is -0.273. The molecule has 1 aromatic rings. The van der Waals surface area contributed by atoms with E-state index in [9.17, 15) is 0 Å². The van der Waals surface area contributed by atoms with Gasteiger partial charge in [0.15, 0.2) is 0 Å².